The summed E-state index contributed by atoms with van der Waals surface area (Å²) in [4.78, 5) is 22.8. The number of nitrogens with one attached hydrogen (secondary N) is 1. The zero-order valence-corrected chi connectivity index (χ0v) is 13.4. The van der Waals surface area contributed by atoms with E-state index in [1.54, 1.807) is 0 Å². The van der Waals surface area contributed by atoms with E-state index < -0.39 is 10.8 Å². The Labute approximate surface area is 139 Å². The highest BCUT2D eigenvalue weighted by Gasteiger charge is 2.23. The molecule has 2 aromatic rings. The summed E-state index contributed by atoms with van der Waals surface area (Å²) in [6.07, 6.45) is 0.669. The highest BCUT2D eigenvalue weighted by Crippen LogP contribution is 2.37. The first-order valence-corrected chi connectivity index (χ1v) is 7.29. The van der Waals surface area contributed by atoms with E-state index in [0.29, 0.717) is 13.0 Å². The van der Waals surface area contributed by atoms with Crippen LogP contribution in [0.3, 0.4) is 0 Å². The van der Waals surface area contributed by atoms with E-state index in [2.05, 4.69) is 5.32 Å². The van der Waals surface area contributed by atoms with Crippen molar-refractivity contribution in [2.24, 2.45) is 0 Å². The largest absolute Gasteiger partial charge is 0.493 e. The van der Waals surface area contributed by atoms with Crippen molar-refractivity contribution in [3.05, 3.63) is 63.7 Å². The van der Waals surface area contributed by atoms with E-state index in [9.17, 15) is 14.9 Å². The topological polar surface area (TPSA) is 90.7 Å². The van der Waals surface area contributed by atoms with Crippen LogP contribution in [0.4, 0.5) is 5.69 Å². The van der Waals surface area contributed by atoms with Crippen LogP contribution in [-0.4, -0.2) is 31.6 Å². The Balaban J connectivity index is 2.14. The fourth-order valence-electron chi connectivity index (χ4n) is 2.28. The lowest BCUT2D eigenvalue weighted by molar-refractivity contribution is -0.385. The molecule has 0 saturated heterocycles. The Morgan fingerprint density at radius 1 is 1.17 bits per heavy atom. The van der Waals surface area contributed by atoms with Gasteiger partial charge in [-0.3, -0.25) is 14.9 Å². The van der Waals surface area contributed by atoms with Crippen molar-refractivity contribution in [2.45, 2.75) is 6.42 Å². The molecule has 2 rings (SSSR count). The van der Waals surface area contributed by atoms with Crippen LogP contribution in [0.1, 0.15) is 15.9 Å². The van der Waals surface area contributed by atoms with Crippen molar-refractivity contribution in [3.8, 4) is 11.5 Å². The highest BCUT2D eigenvalue weighted by molar-refractivity contribution is 5.96. The Hall–Kier alpha value is -3.09. The highest BCUT2D eigenvalue weighted by atomic mass is 16.6. The van der Waals surface area contributed by atoms with Crippen LogP contribution in [0.5, 0.6) is 11.5 Å². The molecule has 126 valence electrons. The van der Waals surface area contributed by atoms with Crippen molar-refractivity contribution in [3.63, 3.8) is 0 Å². The minimum atomic E-state index is -0.609. The van der Waals surface area contributed by atoms with Crippen molar-refractivity contribution < 1.29 is 19.2 Å². The minimum absolute atomic E-state index is 0.0108. The molecule has 0 aliphatic heterocycles. The maximum atomic E-state index is 12.2. The van der Waals surface area contributed by atoms with Gasteiger partial charge in [0.1, 0.15) is 0 Å². The minimum Gasteiger partial charge on any atom is -0.493 e. The second-order valence-electron chi connectivity index (χ2n) is 4.98. The zero-order chi connectivity index (χ0) is 17.5. The lowest BCUT2D eigenvalue weighted by Crippen LogP contribution is -2.25. The van der Waals surface area contributed by atoms with E-state index in [4.69, 9.17) is 9.47 Å². The lowest BCUT2D eigenvalue weighted by Gasteiger charge is -2.11. The van der Waals surface area contributed by atoms with Gasteiger partial charge in [0, 0.05) is 12.6 Å². The standard InChI is InChI=1S/C17H18N2O5/c1-23-15-11-13(10-14(19(21)22)16(15)24-2)17(20)18-9-8-12-6-4-3-5-7-12/h3-7,10-11H,8-9H2,1-2H3,(H,18,20). The van der Waals surface area contributed by atoms with Crippen LogP contribution < -0.4 is 14.8 Å². The maximum absolute atomic E-state index is 12.2. The number of carbonyl (C=O) groups excluding carboxylic acids is 1. The molecule has 0 fully saturated rings. The molecule has 0 saturated carbocycles. The molecular weight excluding hydrogens is 312 g/mol. The molecule has 7 nitrogen and oxygen atoms in total. The number of methoxy groups -OCH3 is 2. The number of nitrogens with zero attached hydrogens (tertiary/aromatic N) is 1. The lowest BCUT2D eigenvalue weighted by atomic mass is 10.1. The molecule has 0 atom stereocenters. The Kier molecular flexibility index (Phi) is 5.73. The van der Waals surface area contributed by atoms with Crippen LogP contribution in [0.15, 0.2) is 42.5 Å². The first kappa shape index (κ1) is 17.3. The van der Waals surface area contributed by atoms with Crippen LogP contribution in [-0.2, 0) is 6.42 Å². The molecule has 1 amide bonds. The molecule has 0 aliphatic carbocycles. The Morgan fingerprint density at radius 3 is 2.46 bits per heavy atom. The molecule has 0 bridgehead atoms. The summed E-state index contributed by atoms with van der Waals surface area (Å²) in [6, 6.07) is 12.3. The molecule has 0 radical (unpaired) electrons. The number of rotatable bonds is 7. The van der Waals surface area contributed by atoms with Gasteiger partial charge in [-0.25, -0.2) is 0 Å². The molecule has 0 unspecified atom stereocenters. The van der Waals surface area contributed by atoms with Gasteiger partial charge in [0.2, 0.25) is 5.75 Å². The number of benzene rings is 2. The Morgan fingerprint density at radius 2 is 1.88 bits per heavy atom. The SMILES string of the molecule is COc1cc(C(=O)NCCc2ccccc2)cc([N+](=O)[O-])c1OC. The van der Waals surface area contributed by atoms with Crippen LogP contribution in [0.25, 0.3) is 0 Å². The third kappa shape index (κ3) is 4.01. The summed E-state index contributed by atoms with van der Waals surface area (Å²) in [7, 11) is 2.67. The number of amides is 1. The van der Waals surface area contributed by atoms with Gasteiger partial charge in [-0.05, 0) is 18.1 Å². The smallest absolute Gasteiger partial charge is 0.315 e. The maximum Gasteiger partial charge on any atom is 0.315 e. The molecule has 2 aromatic carbocycles. The first-order valence-electron chi connectivity index (χ1n) is 7.29. The van der Waals surface area contributed by atoms with E-state index in [1.165, 1.54) is 26.4 Å². The van der Waals surface area contributed by atoms with Gasteiger partial charge in [0.25, 0.3) is 5.91 Å². The fourth-order valence-corrected chi connectivity index (χ4v) is 2.28. The summed E-state index contributed by atoms with van der Waals surface area (Å²) in [6.45, 7) is 0.422. The van der Waals surface area contributed by atoms with Crippen molar-refractivity contribution in [1.82, 2.24) is 5.32 Å². The molecule has 1 N–H and O–H groups in total. The first-order chi connectivity index (χ1) is 11.6. The van der Waals surface area contributed by atoms with Gasteiger partial charge in [-0.15, -0.1) is 0 Å². The average molecular weight is 330 g/mol. The van der Waals surface area contributed by atoms with E-state index in [-0.39, 0.29) is 22.7 Å². The molecule has 24 heavy (non-hydrogen) atoms. The number of ether oxygens (including phenoxy) is 2. The quantitative estimate of drug-likeness (QED) is 0.622. The predicted octanol–water partition coefficient (Wildman–Crippen LogP) is 2.58. The number of nitro groups is 1. The third-order valence-corrected chi connectivity index (χ3v) is 3.46. The summed E-state index contributed by atoms with van der Waals surface area (Å²) >= 11 is 0. The van der Waals surface area contributed by atoms with Gasteiger partial charge in [-0.2, -0.15) is 0 Å². The molecule has 0 spiro atoms. The van der Waals surface area contributed by atoms with E-state index >= 15 is 0 Å². The second kappa shape index (κ2) is 7.96. The van der Waals surface area contributed by atoms with Crippen LogP contribution in [0.2, 0.25) is 0 Å². The van der Waals surface area contributed by atoms with E-state index in [1.807, 2.05) is 30.3 Å². The van der Waals surface area contributed by atoms with Gasteiger partial charge in [0.05, 0.1) is 24.7 Å². The molecule has 7 heteroatoms. The number of carbonyl (C=O) groups is 1. The molecule has 0 heterocycles. The van der Waals surface area contributed by atoms with Crippen molar-refractivity contribution in [1.29, 1.82) is 0 Å². The molecule has 0 aromatic heterocycles. The third-order valence-electron chi connectivity index (χ3n) is 3.46. The monoisotopic (exact) mass is 330 g/mol. The van der Waals surface area contributed by atoms with Crippen LogP contribution in [0, 0.1) is 10.1 Å². The van der Waals surface area contributed by atoms with Crippen molar-refractivity contribution >= 4 is 11.6 Å². The predicted molar refractivity (Wildman–Crippen MR) is 88.7 cm³/mol. The average Bonchev–Trinajstić information content (AvgIpc) is 2.61. The van der Waals surface area contributed by atoms with Gasteiger partial charge < -0.3 is 14.8 Å². The number of nitro benzene ring substituents is 1. The fraction of sp³-hybridized carbons (Fsp3) is 0.235. The molecular formula is C17H18N2O5. The van der Waals surface area contributed by atoms with E-state index in [0.717, 1.165) is 5.56 Å². The second-order valence-corrected chi connectivity index (χ2v) is 4.98. The summed E-state index contributed by atoms with van der Waals surface area (Å²) in [5.74, 6) is -0.279. The van der Waals surface area contributed by atoms with Crippen LogP contribution >= 0.6 is 0 Å². The van der Waals surface area contributed by atoms with Gasteiger partial charge in [-0.1, -0.05) is 30.3 Å². The summed E-state index contributed by atoms with van der Waals surface area (Å²) < 4.78 is 10.1. The molecule has 0 aliphatic rings. The summed E-state index contributed by atoms with van der Waals surface area (Å²) in [5.41, 5.74) is 0.925. The number of hydrogen-bond acceptors (Lipinski definition) is 5. The van der Waals surface area contributed by atoms with Gasteiger partial charge in [0.15, 0.2) is 5.75 Å². The number of hydrogen-bond donors (Lipinski definition) is 1. The van der Waals surface area contributed by atoms with Gasteiger partial charge >= 0.3 is 5.69 Å². The summed E-state index contributed by atoms with van der Waals surface area (Å²) in [5, 5.41) is 13.9. The van der Waals surface area contributed by atoms with Crippen molar-refractivity contribution in [2.75, 3.05) is 20.8 Å². The normalized spacial score (nSPS) is 10.1. The Bertz CT molecular complexity index is 731. The zero-order valence-electron chi connectivity index (χ0n) is 13.4.